The van der Waals surface area contributed by atoms with Crippen LogP contribution in [0.4, 0.5) is 0 Å². The third kappa shape index (κ3) is 4.03. The summed E-state index contributed by atoms with van der Waals surface area (Å²) in [4.78, 5) is 13.9. The first-order valence-electron chi connectivity index (χ1n) is 5.90. The Labute approximate surface area is 124 Å². The highest BCUT2D eigenvalue weighted by Gasteiger charge is 2.25. The Bertz CT molecular complexity index is 425. The van der Waals surface area contributed by atoms with Crippen molar-refractivity contribution in [2.45, 2.75) is 12.6 Å². The predicted molar refractivity (Wildman–Crippen MR) is 81.0 cm³/mol. The fourth-order valence-corrected chi connectivity index (χ4v) is 2.92. The summed E-state index contributed by atoms with van der Waals surface area (Å²) in [5, 5.41) is 3.19. The third-order valence-corrected chi connectivity index (χ3v) is 3.93. The lowest BCUT2D eigenvalue weighted by Gasteiger charge is -2.21. The number of thioether (sulfide) groups is 1. The molecule has 1 saturated heterocycles. The number of methoxy groups -OCH3 is 1. The summed E-state index contributed by atoms with van der Waals surface area (Å²) in [6.07, 6.45) is 0. The SMILES string of the molecule is COc1ccccc1CN(C)C(=O)[C@H]1CSCN1.Cl. The van der Waals surface area contributed by atoms with E-state index in [2.05, 4.69) is 5.32 Å². The number of hydrogen-bond donors (Lipinski definition) is 1. The second-order valence-electron chi connectivity index (χ2n) is 4.28. The minimum absolute atomic E-state index is 0. The van der Waals surface area contributed by atoms with E-state index < -0.39 is 0 Å². The van der Waals surface area contributed by atoms with Crippen LogP contribution in [0.3, 0.4) is 0 Å². The van der Waals surface area contributed by atoms with Gasteiger partial charge in [-0.15, -0.1) is 24.2 Å². The number of likely N-dealkylation sites (N-methyl/N-ethyl adjacent to an activating group) is 1. The van der Waals surface area contributed by atoms with Gasteiger partial charge in [-0.25, -0.2) is 0 Å². The molecule has 1 aliphatic heterocycles. The molecule has 0 unspecified atom stereocenters. The molecule has 6 heteroatoms. The van der Waals surface area contributed by atoms with Gasteiger partial charge in [0.25, 0.3) is 0 Å². The molecule has 4 nitrogen and oxygen atoms in total. The highest BCUT2D eigenvalue weighted by atomic mass is 35.5. The summed E-state index contributed by atoms with van der Waals surface area (Å²) in [5.74, 6) is 2.69. The first-order valence-corrected chi connectivity index (χ1v) is 7.06. The maximum Gasteiger partial charge on any atom is 0.240 e. The van der Waals surface area contributed by atoms with E-state index in [0.29, 0.717) is 6.54 Å². The molecule has 0 bridgehead atoms. The van der Waals surface area contributed by atoms with Crippen LogP contribution in [0, 0.1) is 0 Å². The Kier molecular flexibility index (Phi) is 6.48. The summed E-state index contributed by atoms with van der Waals surface area (Å²) in [6.45, 7) is 0.575. The molecule has 1 N–H and O–H groups in total. The van der Waals surface area contributed by atoms with Crippen molar-refractivity contribution in [2.75, 3.05) is 25.8 Å². The van der Waals surface area contributed by atoms with Crippen molar-refractivity contribution in [3.05, 3.63) is 29.8 Å². The number of rotatable bonds is 4. The third-order valence-electron chi connectivity index (χ3n) is 2.99. The average Bonchev–Trinajstić information content (AvgIpc) is 2.92. The Balaban J connectivity index is 0.00000180. The van der Waals surface area contributed by atoms with Gasteiger partial charge in [-0.1, -0.05) is 18.2 Å². The lowest BCUT2D eigenvalue weighted by molar-refractivity contribution is -0.131. The molecule has 1 aromatic rings. The molecular formula is C13H19ClN2O2S. The summed E-state index contributed by atoms with van der Waals surface area (Å²) in [5.41, 5.74) is 1.03. The summed E-state index contributed by atoms with van der Waals surface area (Å²) in [7, 11) is 3.48. The molecule has 1 aromatic carbocycles. The van der Waals surface area contributed by atoms with Crippen LogP contribution in [0.2, 0.25) is 0 Å². The Hall–Kier alpha value is -0.910. The first-order chi connectivity index (χ1) is 8.72. The van der Waals surface area contributed by atoms with Crippen LogP contribution in [-0.2, 0) is 11.3 Å². The van der Waals surface area contributed by atoms with Crippen LogP contribution >= 0.6 is 24.2 Å². The van der Waals surface area contributed by atoms with Gasteiger partial charge in [0, 0.05) is 30.8 Å². The molecule has 0 saturated carbocycles. The molecule has 0 aromatic heterocycles. The number of carbonyl (C=O) groups excluding carboxylic acids is 1. The van der Waals surface area contributed by atoms with E-state index >= 15 is 0 Å². The fourth-order valence-electron chi connectivity index (χ4n) is 1.99. The number of nitrogens with one attached hydrogen (secondary N) is 1. The minimum atomic E-state index is -0.0466. The van der Waals surface area contributed by atoms with E-state index in [1.165, 1.54) is 0 Å². The first kappa shape index (κ1) is 16.1. The van der Waals surface area contributed by atoms with Crippen molar-refractivity contribution >= 4 is 30.1 Å². The highest BCUT2D eigenvalue weighted by molar-refractivity contribution is 7.99. The van der Waals surface area contributed by atoms with Crippen molar-refractivity contribution in [1.29, 1.82) is 0 Å². The van der Waals surface area contributed by atoms with Gasteiger partial charge in [-0.3, -0.25) is 10.1 Å². The van der Waals surface area contributed by atoms with E-state index in [0.717, 1.165) is 22.9 Å². The largest absolute Gasteiger partial charge is 0.496 e. The van der Waals surface area contributed by atoms with Gasteiger partial charge in [0.1, 0.15) is 5.75 Å². The number of ether oxygens (including phenoxy) is 1. The van der Waals surface area contributed by atoms with Crippen molar-refractivity contribution in [3.63, 3.8) is 0 Å². The van der Waals surface area contributed by atoms with Gasteiger partial charge in [0.2, 0.25) is 5.91 Å². The van der Waals surface area contributed by atoms with Crippen molar-refractivity contribution in [2.24, 2.45) is 0 Å². The number of para-hydroxylation sites is 1. The molecule has 1 fully saturated rings. The van der Waals surface area contributed by atoms with Crippen molar-refractivity contribution in [3.8, 4) is 5.75 Å². The van der Waals surface area contributed by atoms with Crippen LogP contribution in [0.15, 0.2) is 24.3 Å². The second kappa shape index (κ2) is 7.62. The number of amides is 1. The predicted octanol–water partition coefficient (Wildman–Crippen LogP) is 1.74. The van der Waals surface area contributed by atoms with E-state index in [1.54, 1.807) is 23.8 Å². The molecule has 0 radical (unpaired) electrons. The molecular weight excluding hydrogens is 284 g/mol. The van der Waals surface area contributed by atoms with Crippen LogP contribution in [-0.4, -0.2) is 42.6 Å². The molecule has 1 aliphatic rings. The molecule has 1 atom stereocenters. The van der Waals surface area contributed by atoms with E-state index in [4.69, 9.17) is 4.74 Å². The van der Waals surface area contributed by atoms with Gasteiger partial charge in [0.15, 0.2) is 0 Å². The average molecular weight is 303 g/mol. The standard InChI is InChI=1S/C13H18N2O2S.ClH/c1-15(13(16)11-8-18-9-14-11)7-10-5-3-4-6-12(10)17-2;/h3-6,11,14H,7-9H2,1-2H3;1H/t11-;/m1./s1. The Morgan fingerprint density at radius 1 is 1.53 bits per heavy atom. The van der Waals surface area contributed by atoms with Gasteiger partial charge in [-0.2, -0.15) is 0 Å². The summed E-state index contributed by atoms with van der Waals surface area (Å²) in [6, 6.07) is 7.74. The van der Waals surface area contributed by atoms with Gasteiger partial charge in [-0.05, 0) is 6.07 Å². The quantitative estimate of drug-likeness (QED) is 0.920. The van der Waals surface area contributed by atoms with Gasteiger partial charge >= 0.3 is 0 Å². The fraction of sp³-hybridized carbons (Fsp3) is 0.462. The zero-order valence-corrected chi connectivity index (χ0v) is 12.7. The van der Waals surface area contributed by atoms with E-state index in [9.17, 15) is 4.79 Å². The lowest BCUT2D eigenvalue weighted by atomic mass is 10.2. The summed E-state index contributed by atoms with van der Waals surface area (Å²) >= 11 is 1.76. The topological polar surface area (TPSA) is 41.6 Å². The zero-order valence-electron chi connectivity index (χ0n) is 11.1. The zero-order chi connectivity index (χ0) is 13.0. The molecule has 0 spiro atoms. The number of halogens is 1. The maximum absolute atomic E-state index is 12.2. The normalized spacial score (nSPS) is 17.7. The Morgan fingerprint density at radius 3 is 2.89 bits per heavy atom. The highest BCUT2D eigenvalue weighted by Crippen LogP contribution is 2.19. The van der Waals surface area contributed by atoms with Crippen LogP contribution in [0.25, 0.3) is 0 Å². The number of benzene rings is 1. The minimum Gasteiger partial charge on any atom is -0.496 e. The Morgan fingerprint density at radius 2 is 2.26 bits per heavy atom. The monoisotopic (exact) mass is 302 g/mol. The van der Waals surface area contributed by atoms with E-state index in [1.807, 2.05) is 31.3 Å². The van der Waals surface area contributed by atoms with Crippen LogP contribution < -0.4 is 10.1 Å². The number of carbonyl (C=O) groups is 1. The molecule has 19 heavy (non-hydrogen) atoms. The van der Waals surface area contributed by atoms with Crippen LogP contribution in [0.5, 0.6) is 5.75 Å². The molecule has 1 heterocycles. The van der Waals surface area contributed by atoms with Gasteiger partial charge < -0.3 is 9.64 Å². The van der Waals surface area contributed by atoms with E-state index in [-0.39, 0.29) is 24.4 Å². The number of hydrogen-bond acceptors (Lipinski definition) is 4. The molecule has 2 rings (SSSR count). The lowest BCUT2D eigenvalue weighted by Crippen LogP contribution is -2.42. The molecule has 0 aliphatic carbocycles. The smallest absolute Gasteiger partial charge is 0.240 e. The summed E-state index contributed by atoms with van der Waals surface area (Å²) < 4.78 is 5.29. The van der Waals surface area contributed by atoms with Crippen molar-refractivity contribution in [1.82, 2.24) is 10.2 Å². The maximum atomic E-state index is 12.2. The second-order valence-corrected chi connectivity index (χ2v) is 5.31. The molecule has 106 valence electrons. The van der Waals surface area contributed by atoms with Gasteiger partial charge in [0.05, 0.1) is 13.2 Å². The van der Waals surface area contributed by atoms with Crippen LogP contribution in [0.1, 0.15) is 5.56 Å². The van der Waals surface area contributed by atoms with Crippen molar-refractivity contribution < 1.29 is 9.53 Å². The molecule has 1 amide bonds. The number of nitrogens with zero attached hydrogens (tertiary/aromatic N) is 1.